The van der Waals surface area contributed by atoms with Crippen LogP contribution in [0.3, 0.4) is 0 Å². The van der Waals surface area contributed by atoms with Crippen LogP contribution in [0.2, 0.25) is 5.02 Å². The highest BCUT2D eigenvalue weighted by Crippen LogP contribution is 2.27. The van der Waals surface area contributed by atoms with E-state index in [1.165, 1.54) is 30.3 Å². The topological polar surface area (TPSA) is 46.2 Å². The molecule has 0 spiro atoms. The highest BCUT2D eigenvalue weighted by Gasteiger charge is 2.17. The van der Waals surface area contributed by atoms with Gasteiger partial charge in [0.15, 0.2) is 0 Å². The lowest BCUT2D eigenvalue weighted by Gasteiger charge is -2.10. The Labute approximate surface area is 130 Å². The minimum atomic E-state index is -3.87. The Balaban J connectivity index is 2.40. The van der Waals surface area contributed by atoms with Gasteiger partial charge in [-0.2, -0.15) is 0 Å². The molecule has 106 valence electrons. The van der Waals surface area contributed by atoms with Gasteiger partial charge in [0.25, 0.3) is 10.0 Å². The highest BCUT2D eigenvalue weighted by molar-refractivity contribution is 9.10. The number of halogens is 3. The van der Waals surface area contributed by atoms with Gasteiger partial charge in [-0.1, -0.05) is 17.7 Å². The normalized spacial score (nSPS) is 11.4. The molecule has 0 amide bonds. The van der Waals surface area contributed by atoms with E-state index in [2.05, 4.69) is 20.7 Å². The number of nitrogens with one attached hydrogen (secondary N) is 1. The first-order valence-corrected chi connectivity index (χ1v) is 8.19. The van der Waals surface area contributed by atoms with Crippen LogP contribution in [-0.4, -0.2) is 8.42 Å². The molecule has 20 heavy (non-hydrogen) atoms. The summed E-state index contributed by atoms with van der Waals surface area (Å²) in [5.74, 6) is -0.632. The summed E-state index contributed by atoms with van der Waals surface area (Å²) in [7, 11) is -3.87. The van der Waals surface area contributed by atoms with Crippen molar-refractivity contribution in [2.45, 2.75) is 11.8 Å². The highest BCUT2D eigenvalue weighted by atomic mass is 79.9. The maximum atomic E-state index is 13.6. The molecule has 0 radical (unpaired) electrons. The fourth-order valence-electron chi connectivity index (χ4n) is 1.57. The van der Waals surface area contributed by atoms with Crippen molar-refractivity contribution in [2.75, 3.05) is 4.72 Å². The van der Waals surface area contributed by atoms with Gasteiger partial charge in [-0.05, 0) is 58.7 Å². The lowest BCUT2D eigenvalue weighted by molar-refractivity contribution is 0.598. The number of benzene rings is 2. The van der Waals surface area contributed by atoms with Gasteiger partial charge in [0.2, 0.25) is 0 Å². The molecule has 1 N–H and O–H groups in total. The fraction of sp³-hybridized carbons (Fsp3) is 0.0769. The van der Waals surface area contributed by atoms with Gasteiger partial charge in [-0.3, -0.25) is 4.72 Å². The predicted octanol–water partition coefficient (Wildman–Crippen LogP) is 4.35. The summed E-state index contributed by atoms with van der Waals surface area (Å²) in [6.45, 7) is 1.75. The molecule has 0 aliphatic heterocycles. The molecule has 2 rings (SSSR count). The second-order valence-electron chi connectivity index (χ2n) is 4.16. The molecule has 0 saturated heterocycles. The first-order valence-electron chi connectivity index (χ1n) is 5.53. The van der Waals surface area contributed by atoms with Crippen molar-refractivity contribution < 1.29 is 12.8 Å². The van der Waals surface area contributed by atoms with E-state index in [4.69, 9.17) is 11.6 Å². The van der Waals surface area contributed by atoms with Crippen LogP contribution in [0.5, 0.6) is 0 Å². The molecule has 2 aromatic rings. The van der Waals surface area contributed by atoms with Crippen molar-refractivity contribution in [3.63, 3.8) is 0 Å². The number of sulfonamides is 1. The van der Waals surface area contributed by atoms with Crippen LogP contribution in [0, 0.1) is 12.7 Å². The third-order valence-electron chi connectivity index (χ3n) is 2.57. The van der Waals surface area contributed by atoms with Gasteiger partial charge < -0.3 is 0 Å². The molecular formula is C13H10BrClFNO2S. The largest absolute Gasteiger partial charge is 0.277 e. The molecule has 0 fully saturated rings. The summed E-state index contributed by atoms with van der Waals surface area (Å²) in [6, 6.07) is 8.36. The average molecular weight is 379 g/mol. The monoisotopic (exact) mass is 377 g/mol. The van der Waals surface area contributed by atoms with E-state index in [1.807, 2.05) is 0 Å². The molecule has 0 aliphatic rings. The van der Waals surface area contributed by atoms with Crippen LogP contribution in [0.1, 0.15) is 5.56 Å². The summed E-state index contributed by atoms with van der Waals surface area (Å²) < 4.78 is 40.6. The average Bonchev–Trinajstić information content (AvgIpc) is 2.36. The molecule has 3 nitrogen and oxygen atoms in total. The second-order valence-corrected chi connectivity index (χ2v) is 7.11. The van der Waals surface area contributed by atoms with Crippen molar-refractivity contribution >= 4 is 43.2 Å². The van der Waals surface area contributed by atoms with Crippen molar-refractivity contribution in [3.8, 4) is 0 Å². The number of hydrogen-bond acceptors (Lipinski definition) is 2. The van der Waals surface area contributed by atoms with Crippen LogP contribution in [0.25, 0.3) is 0 Å². The Bertz CT molecular complexity index is 765. The third-order valence-corrected chi connectivity index (χ3v) is 5.14. The van der Waals surface area contributed by atoms with Crippen LogP contribution < -0.4 is 4.72 Å². The van der Waals surface area contributed by atoms with Gasteiger partial charge in [0, 0.05) is 4.47 Å². The van der Waals surface area contributed by atoms with E-state index in [0.29, 0.717) is 9.50 Å². The first-order chi connectivity index (χ1) is 9.29. The number of anilines is 1. The second kappa shape index (κ2) is 5.71. The maximum absolute atomic E-state index is 13.6. The third kappa shape index (κ3) is 3.31. The Morgan fingerprint density at radius 1 is 1.20 bits per heavy atom. The number of hydrogen-bond donors (Lipinski definition) is 1. The molecule has 0 bridgehead atoms. The Morgan fingerprint density at radius 3 is 2.55 bits per heavy atom. The van der Waals surface area contributed by atoms with Crippen LogP contribution in [0.15, 0.2) is 45.8 Å². The molecular weight excluding hydrogens is 369 g/mol. The zero-order valence-corrected chi connectivity index (χ0v) is 13.5. The van der Waals surface area contributed by atoms with Gasteiger partial charge in [-0.25, -0.2) is 12.8 Å². The molecule has 0 unspecified atom stereocenters. The van der Waals surface area contributed by atoms with Crippen molar-refractivity contribution in [1.82, 2.24) is 0 Å². The molecule has 0 aliphatic carbocycles. The van der Waals surface area contributed by atoms with Crippen LogP contribution in [0.4, 0.5) is 10.1 Å². The van der Waals surface area contributed by atoms with E-state index < -0.39 is 15.8 Å². The maximum Gasteiger partial charge on any atom is 0.262 e. The number of rotatable bonds is 3. The van der Waals surface area contributed by atoms with E-state index in [0.717, 1.165) is 5.56 Å². The summed E-state index contributed by atoms with van der Waals surface area (Å²) in [6.07, 6.45) is 0. The first kappa shape index (κ1) is 15.3. The summed E-state index contributed by atoms with van der Waals surface area (Å²) in [5, 5.41) is 0.394. The van der Waals surface area contributed by atoms with Gasteiger partial charge in [0.05, 0.1) is 15.6 Å². The van der Waals surface area contributed by atoms with Crippen molar-refractivity contribution in [1.29, 1.82) is 0 Å². The molecule has 0 heterocycles. The minimum absolute atomic E-state index is 0.00492. The summed E-state index contributed by atoms with van der Waals surface area (Å²) in [5.41, 5.74) is 0.664. The zero-order valence-electron chi connectivity index (χ0n) is 10.3. The molecule has 7 heteroatoms. The molecule has 0 saturated carbocycles. The lowest BCUT2D eigenvalue weighted by atomic mass is 10.2. The van der Waals surface area contributed by atoms with Crippen molar-refractivity contribution in [3.05, 3.63) is 57.3 Å². The van der Waals surface area contributed by atoms with E-state index in [1.54, 1.807) is 13.0 Å². The van der Waals surface area contributed by atoms with Crippen molar-refractivity contribution in [2.24, 2.45) is 0 Å². The van der Waals surface area contributed by atoms with E-state index in [9.17, 15) is 12.8 Å². The summed E-state index contributed by atoms with van der Waals surface area (Å²) >= 11 is 8.97. The zero-order chi connectivity index (χ0) is 14.9. The molecule has 2 aromatic carbocycles. The lowest BCUT2D eigenvalue weighted by Crippen LogP contribution is -2.14. The predicted molar refractivity (Wildman–Crippen MR) is 81.1 cm³/mol. The van der Waals surface area contributed by atoms with E-state index in [-0.39, 0.29) is 10.6 Å². The molecule has 0 aromatic heterocycles. The SMILES string of the molecule is Cc1ccc(F)c(NS(=O)(=O)c2ccc(Cl)c(Br)c2)c1. The Morgan fingerprint density at radius 2 is 1.90 bits per heavy atom. The Hall–Kier alpha value is -1.11. The van der Waals surface area contributed by atoms with Gasteiger partial charge >= 0.3 is 0 Å². The number of aryl methyl sites for hydroxylation is 1. The quantitative estimate of drug-likeness (QED) is 0.863. The van der Waals surface area contributed by atoms with Crippen LogP contribution in [-0.2, 0) is 10.0 Å². The smallest absolute Gasteiger partial charge is 0.262 e. The van der Waals surface area contributed by atoms with Gasteiger partial charge in [0.1, 0.15) is 5.82 Å². The minimum Gasteiger partial charge on any atom is -0.277 e. The van der Waals surface area contributed by atoms with Gasteiger partial charge in [-0.15, -0.1) is 0 Å². The van der Waals surface area contributed by atoms with Crippen LogP contribution >= 0.6 is 27.5 Å². The summed E-state index contributed by atoms with van der Waals surface area (Å²) in [4.78, 5) is -0.00492. The fourth-order valence-corrected chi connectivity index (χ4v) is 3.30. The Kier molecular flexibility index (Phi) is 4.36. The van der Waals surface area contributed by atoms with E-state index >= 15 is 0 Å². The standard InChI is InChI=1S/C13H10BrClFNO2S/c1-8-2-5-12(16)13(6-8)17-20(18,19)9-3-4-11(15)10(14)7-9/h2-7,17H,1H3. The molecule has 0 atom stereocenters.